The Morgan fingerprint density at radius 1 is 0.939 bits per heavy atom. The lowest BCUT2D eigenvalue weighted by Gasteiger charge is -2.29. The van der Waals surface area contributed by atoms with Crippen LogP contribution in [0.5, 0.6) is 0 Å². The number of ether oxygens (including phenoxy) is 1. The Labute approximate surface area is 189 Å². The molecular weight excluding hydrogens is 429 g/mol. The summed E-state index contributed by atoms with van der Waals surface area (Å²) in [5.41, 5.74) is 4.86. The van der Waals surface area contributed by atoms with Crippen LogP contribution in [0.3, 0.4) is 0 Å². The van der Waals surface area contributed by atoms with Crippen molar-refractivity contribution in [1.82, 2.24) is 10.3 Å². The lowest BCUT2D eigenvalue weighted by Crippen LogP contribution is -2.36. The maximum atomic E-state index is 12.9. The maximum absolute atomic E-state index is 12.9. The van der Waals surface area contributed by atoms with Crippen LogP contribution in [-0.2, 0) is 17.5 Å². The number of nitrogens with one attached hydrogen (secondary N) is 2. The molecule has 0 amide bonds. The topological polar surface area (TPSA) is 49.4 Å². The van der Waals surface area contributed by atoms with Gasteiger partial charge in [-0.05, 0) is 53.6 Å². The third-order valence-electron chi connectivity index (χ3n) is 5.90. The van der Waals surface area contributed by atoms with Gasteiger partial charge in [0.1, 0.15) is 5.82 Å². The van der Waals surface area contributed by atoms with Crippen LogP contribution in [0.2, 0.25) is 0 Å². The van der Waals surface area contributed by atoms with Crippen LogP contribution in [0.1, 0.15) is 22.3 Å². The van der Waals surface area contributed by atoms with Crippen LogP contribution in [0.4, 0.5) is 30.4 Å². The van der Waals surface area contributed by atoms with Gasteiger partial charge in [0, 0.05) is 54.5 Å². The number of anilines is 3. The lowest BCUT2D eigenvalue weighted by molar-refractivity contribution is -0.137. The molecule has 0 radical (unpaired) electrons. The minimum Gasteiger partial charge on any atom is -0.386 e. The van der Waals surface area contributed by atoms with Crippen molar-refractivity contribution in [3.8, 4) is 0 Å². The number of halogens is 3. The number of aromatic nitrogens is 1. The second-order valence-electron chi connectivity index (χ2n) is 7.97. The van der Waals surface area contributed by atoms with Crippen LogP contribution >= 0.6 is 0 Å². The normalized spacial score (nSPS) is 16.0. The Morgan fingerprint density at radius 3 is 2.36 bits per heavy atom. The van der Waals surface area contributed by atoms with E-state index in [2.05, 4.69) is 32.7 Å². The zero-order valence-corrected chi connectivity index (χ0v) is 17.8. The molecule has 33 heavy (non-hydrogen) atoms. The molecule has 1 aromatic heterocycles. The minimum absolute atomic E-state index is 0.571. The monoisotopic (exact) mass is 452 g/mol. The molecule has 3 heterocycles. The number of benzene rings is 2. The zero-order chi connectivity index (χ0) is 22.8. The van der Waals surface area contributed by atoms with Crippen molar-refractivity contribution >= 4 is 22.8 Å². The summed E-state index contributed by atoms with van der Waals surface area (Å²) in [4.78, 5) is 6.81. The molecule has 1 fully saturated rings. The van der Waals surface area contributed by atoms with Crippen molar-refractivity contribution in [2.45, 2.75) is 12.7 Å². The second-order valence-corrected chi connectivity index (χ2v) is 7.97. The number of morpholine rings is 1. The summed E-state index contributed by atoms with van der Waals surface area (Å²) in [5.74, 6) is 0.719. The van der Waals surface area contributed by atoms with Gasteiger partial charge < -0.3 is 20.3 Å². The largest absolute Gasteiger partial charge is 0.416 e. The van der Waals surface area contributed by atoms with E-state index in [1.165, 1.54) is 12.1 Å². The van der Waals surface area contributed by atoms with E-state index in [0.717, 1.165) is 72.3 Å². The van der Waals surface area contributed by atoms with Crippen molar-refractivity contribution in [2.75, 3.05) is 36.5 Å². The Kier molecular flexibility index (Phi) is 5.68. The molecule has 0 atom stereocenters. The van der Waals surface area contributed by atoms with Gasteiger partial charge in [-0.3, -0.25) is 0 Å². The fraction of sp³-hybridized carbons (Fsp3) is 0.240. The van der Waals surface area contributed by atoms with E-state index in [0.29, 0.717) is 12.1 Å². The molecule has 0 saturated carbocycles. The highest BCUT2D eigenvalue weighted by atomic mass is 19.4. The fourth-order valence-electron chi connectivity index (χ4n) is 4.16. The van der Waals surface area contributed by atoms with Crippen LogP contribution in [0.15, 0.2) is 67.0 Å². The van der Waals surface area contributed by atoms with E-state index in [1.807, 2.05) is 24.4 Å². The van der Waals surface area contributed by atoms with Gasteiger partial charge >= 0.3 is 6.18 Å². The predicted molar refractivity (Wildman–Crippen MR) is 122 cm³/mol. The summed E-state index contributed by atoms with van der Waals surface area (Å²) < 4.78 is 44.2. The molecule has 8 heteroatoms. The van der Waals surface area contributed by atoms with E-state index < -0.39 is 11.7 Å². The van der Waals surface area contributed by atoms with Crippen LogP contribution in [-0.4, -0.2) is 31.3 Å². The Balaban J connectivity index is 1.38. The average Bonchev–Trinajstić information content (AvgIpc) is 2.84. The number of alkyl halides is 3. The van der Waals surface area contributed by atoms with Crippen molar-refractivity contribution in [3.05, 3.63) is 89.2 Å². The van der Waals surface area contributed by atoms with Gasteiger partial charge in [0.2, 0.25) is 0 Å². The van der Waals surface area contributed by atoms with Gasteiger partial charge in [-0.15, -0.1) is 0 Å². The standard InChI is InChI=1S/C25H23F3N4O/c26-25(27,28)18-3-1-17(2-4-18)22-15-29-16-23-21(22)9-10-30-24(23)31-19-5-7-20(8-6-19)32-11-13-33-14-12-32/h1-10,15,29H,11-14,16H2,(H,30,31). The van der Waals surface area contributed by atoms with Gasteiger partial charge in [-0.2, -0.15) is 13.2 Å². The number of fused-ring (bicyclic) bond motifs is 1. The molecule has 2 aliphatic rings. The highest BCUT2D eigenvalue weighted by molar-refractivity contribution is 5.84. The molecule has 0 unspecified atom stereocenters. The lowest BCUT2D eigenvalue weighted by atomic mass is 9.92. The van der Waals surface area contributed by atoms with E-state index >= 15 is 0 Å². The number of hydrogen-bond donors (Lipinski definition) is 2. The summed E-state index contributed by atoms with van der Waals surface area (Å²) in [6.07, 6.45) is -0.799. The molecule has 0 bridgehead atoms. The molecule has 2 aromatic carbocycles. The number of nitrogens with zero attached hydrogens (tertiary/aromatic N) is 2. The zero-order valence-electron chi connectivity index (χ0n) is 17.8. The SMILES string of the molecule is FC(F)(F)c1ccc(C2=CNCc3c2ccnc3Nc2ccc(N3CCOCC3)cc2)cc1. The molecule has 5 nitrogen and oxygen atoms in total. The minimum atomic E-state index is -4.35. The highest BCUT2D eigenvalue weighted by Crippen LogP contribution is 2.35. The molecule has 0 spiro atoms. The second kappa shape index (κ2) is 8.78. The summed E-state index contributed by atoms with van der Waals surface area (Å²) >= 11 is 0. The van der Waals surface area contributed by atoms with Gasteiger partial charge in [0.15, 0.2) is 0 Å². The van der Waals surface area contributed by atoms with E-state index in [-0.39, 0.29) is 0 Å². The van der Waals surface area contributed by atoms with Crippen molar-refractivity contribution in [1.29, 1.82) is 0 Å². The van der Waals surface area contributed by atoms with Crippen molar-refractivity contribution < 1.29 is 17.9 Å². The summed E-state index contributed by atoms with van der Waals surface area (Å²) in [6, 6.07) is 15.3. The molecule has 0 aliphatic carbocycles. The first-order valence-electron chi connectivity index (χ1n) is 10.8. The first-order chi connectivity index (χ1) is 16.0. The molecule has 2 N–H and O–H groups in total. The summed E-state index contributed by atoms with van der Waals surface area (Å²) in [5, 5.41) is 6.62. The maximum Gasteiger partial charge on any atom is 0.416 e. The number of rotatable bonds is 4. The van der Waals surface area contributed by atoms with Gasteiger partial charge in [0.25, 0.3) is 0 Å². The van der Waals surface area contributed by atoms with Crippen LogP contribution in [0.25, 0.3) is 5.57 Å². The number of hydrogen-bond acceptors (Lipinski definition) is 5. The van der Waals surface area contributed by atoms with Crippen molar-refractivity contribution in [3.63, 3.8) is 0 Å². The smallest absolute Gasteiger partial charge is 0.386 e. The third kappa shape index (κ3) is 4.52. The van der Waals surface area contributed by atoms with E-state index in [1.54, 1.807) is 6.20 Å². The first-order valence-corrected chi connectivity index (χ1v) is 10.8. The summed E-state index contributed by atoms with van der Waals surface area (Å²) in [7, 11) is 0. The van der Waals surface area contributed by atoms with Crippen molar-refractivity contribution in [2.24, 2.45) is 0 Å². The molecular formula is C25H23F3N4O. The number of pyridine rings is 1. The van der Waals surface area contributed by atoms with Gasteiger partial charge in [0.05, 0.1) is 18.8 Å². The van der Waals surface area contributed by atoms with Gasteiger partial charge in [-0.25, -0.2) is 4.98 Å². The van der Waals surface area contributed by atoms with E-state index in [9.17, 15) is 13.2 Å². The molecule has 5 rings (SSSR count). The fourth-order valence-corrected chi connectivity index (χ4v) is 4.16. The molecule has 1 saturated heterocycles. The molecule has 3 aromatic rings. The average molecular weight is 452 g/mol. The predicted octanol–water partition coefficient (Wildman–Crippen LogP) is 5.17. The Hall–Kier alpha value is -3.52. The summed E-state index contributed by atoms with van der Waals surface area (Å²) in [6.45, 7) is 3.81. The third-order valence-corrected chi connectivity index (χ3v) is 5.90. The van der Waals surface area contributed by atoms with E-state index in [4.69, 9.17) is 4.74 Å². The first kappa shape index (κ1) is 21.3. The van der Waals surface area contributed by atoms with Crippen LogP contribution < -0.4 is 15.5 Å². The Bertz CT molecular complexity index is 1150. The molecule has 2 aliphatic heterocycles. The van der Waals surface area contributed by atoms with Gasteiger partial charge in [-0.1, -0.05) is 12.1 Å². The molecule has 170 valence electrons. The Morgan fingerprint density at radius 2 is 1.67 bits per heavy atom. The van der Waals surface area contributed by atoms with Crippen LogP contribution in [0, 0.1) is 0 Å². The highest BCUT2D eigenvalue weighted by Gasteiger charge is 2.30. The quantitative estimate of drug-likeness (QED) is 0.572.